The van der Waals surface area contributed by atoms with Gasteiger partial charge < -0.3 is 4.74 Å². The van der Waals surface area contributed by atoms with Crippen molar-refractivity contribution in [1.29, 1.82) is 0 Å². The number of carbonyl (C=O) groups excluding carboxylic acids is 1. The monoisotopic (exact) mass is 283 g/mol. The minimum absolute atomic E-state index is 0.0903. The molecule has 1 aromatic heterocycles. The topological polar surface area (TPSA) is 39.2 Å². The van der Waals surface area contributed by atoms with Gasteiger partial charge in [0.25, 0.3) is 0 Å². The van der Waals surface area contributed by atoms with Crippen LogP contribution in [0.1, 0.15) is 46.7 Å². The largest absolute Gasteiger partial charge is 0.466 e. The summed E-state index contributed by atoms with van der Waals surface area (Å²) in [7, 11) is 0. The van der Waals surface area contributed by atoms with Crippen LogP contribution in [0.2, 0.25) is 0 Å². The lowest BCUT2D eigenvalue weighted by Crippen LogP contribution is -2.06. The van der Waals surface area contributed by atoms with Crippen molar-refractivity contribution in [3.63, 3.8) is 0 Å². The van der Waals surface area contributed by atoms with E-state index < -0.39 is 0 Å². The van der Waals surface area contributed by atoms with Gasteiger partial charge >= 0.3 is 5.97 Å². The van der Waals surface area contributed by atoms with Gasteiger partial charge in [0.2, 0.25) is 0 Å². The lowest BCUT2D eigenvalue weighted by atomic mass is 10.1. The molecule has 1 rings (SSSR count). The molecule has 1 aromatic rings. The molecule has 114 valence electrons. The van der Waals surface area contributed by atoms with Gasteiger partial charge in [0.05, 0.1) is 12.8 Å². The predicted octanol–water partition coefficient (Wildman–Crippen LogP) is 4.01. The molecular weight excluding hydrogens is 257 g/mol. The van der Waals surface area contributed by atoms with E-state index in [-0.39, 0.29) is 11.8 Å². The van der Waals surface area contributed by atoms with Crippen LogP contribution in [-0.2, 0) is 16.0 Å². The molecule has 0 spiro atoms. The number of esters is 1. The maximum absolute atomic E-state index is 12.4. The standard InChI is InChI=1S/C9H12FN.C7H14O2/c1-7(2)5-9-4-3-8(10)6-11-9;1-4-9-7(8)5-6(2)3/h3-4,6-7H,5H2,1-2H3;6H,4-5H2,1-3H3. The molecule has 0 fully saturated rings. The predicted molar refractivity (Wildman–Crippen MR) is 78.8 cm³/mol. The van der Waals surface area contributed by atoms with Gasteiger partial charge in [-0.3, -0.25) is 9.78 Å². The summed E-state index contributed by atoms with van der Waals surface area (Å²) < 4.78 is 17.1. The fraction of sp³-hybridized carbons (Fsp3) is 0.625. The number of nitrogens with zero attached hydrogens (tertiary/aromatic N) is 1. The zero-order chi connectivity index (χ0) is 15.5. The molecule has 3 nitrogen and oxygen atoms in total. The van der Waals surface area contributed by atoms with Crippen LogP contribution in [0.15, 0.2) is 18.3 Å². The van der Waals surface area contributed by atoms with Crippen LogP contribution < -0.4 is 0 Å². The van der Waals surface area contributed by atoms with Crippen molar-refractivity contribution in [1.82, 2.24) is 4.98 Å². The molecule has 4 heteroatoms. The van der Waals surface area contributed by atoms with Gasteiger partial charge in [-0.1, -0.05) is 27.7 Å². The molecular formula is C16H26FNO2. The Hall–Kier alpha value is -1.45. The van der Waals surface area contributed by atoms with Gasteiger partial charge in [-0.05, 0) is 37.3 Å². The Bertz CT molecular complexity index is 375. The summed E-state index contributed by atoms with van der Waals surface area (Å²) in [6.07, 6.45) is 2.71. The molecule has 0 aromatic carbocycles. The van der Waals surface area contributed by atoms with E-state index in [0.29, 0.717) is 24.9 Å². The highest BCUT2D eigenvalue weighted by Crippen LogP contribution is 2.05. The number of carbonyl (C=O) groups is 1. The third kappa shape index (κ3) is 10.5. The second kappa shape index (κ2) is 10.4. The van der Waals surface area contributed by atoms with Crippen molar-refractivity contribution >= 4 is 5.97 Å². The molecule has 0 bridgehead atoms. The van der Waals surface area contributed by atoms with Crippen LogP contribution >= 0.6 is 0 Å². The van der Waals surface area contributed by atoms with Crippen molar-refractivity contribution in [3.8, 4) is 0 Å². The first-order chi connectivity index (χ1) is 9.35. The maximum atomic E-state index is 12.4. The van der Waals surface area contributed by atoms with E-state index in [1.807, 2.05) is 20.8 Å². The van der Waals surface area contributed by atoms with Crippen molar-refractivity contribution in [3.05, 3.63) is 29.8 Å². The van der Waals surface area contributed by atoms with Crippen LogP contribution in [-0.4, -0.2) is 17.6 Å². The molecule has 0 aliphatic rings. The van der Waals surface area contributed by atoms with Crippen molar-refractivity contribution in [2.45, 2.75) is 47.5 Å². The van der Waals surface area contributed by atoms with E-state index in [9.17, 15) is 9.18 Å². The average molecular weight is 283 g/mol. The Morgan fingerprint density at radius 1 is 1.25 bits per heavy atom. The molecule has 20 heavy (non-hydrogen) atoms. The highest BCUT2D eigenvalue weighted by molar-refractivity contribution is 5.69. The van der Waals surface area contributed by atoms with Gasteiger partial charge in [0.1, 0.15) is 5.82 Å². The number of hydrogen-bond acceptors (Lipinski definition) is 3. The molecule has 0 aliphatic heterocycles. The SMILES string of the molecule is CC(C)Cc1ccc(F)cn1.CCOC(=O)CC(C)C. The summed E-state index contributed by atoms with van der Waals surface area (Å²) in [5, 5.41) is 0. The molecule has 0 atom stereocenters. The van der Waals surface area contributed by atoms with E-state index in [4.69, 9.17) is 4.74 Å². The highest BCUT2D eigenvalue weighted by atomic mass is 19.1. The highest BCUT2D eigenvalue weighted by Gasteiger charge is 2.03. The quantitative estimate of drug-likeness (QED) is 0.766. The summed E-state index contributed by atoms with van der Waals surface area (Å²) in [4.78, 5) is 14.6. The van der Waals surface area contributed by atoms with E-state index in [2.05, 4.69) is 18.8 Å². The van der Waals surface area contributed by atoms with Gasteiger partial charge in [-0.2, -0.15) is 0 Å². The normalized spacial score (nSPS) is 10.2. The number of aromatic nitrogens is 1. The van der Waals surface area contributed by atoms with E-state index in [1.54, 1.807) is 6.07 Å². The van der Waals surface area contributed by atoms with Crippen LogP contribution in [0.3, 0.4) is 0 Å². The second-order valence-corrected chi connectivity index (χ2v) is 5.47. The number of rotatable bonds is 5. The summed E-state index contributed by atoms with van der Waals surface area (Å²) in [6.45, 7) is 10.5. The average Bonchev–Trinajstić information content (AvgIpc) is 2.31. The number of halogens is 1. The minimum atomic E-state index is -0.266. The van der Waals surface area contributed by atoms with Crippen LogP contribution in [0.5, 0.6) is 0 Å². The molecule has 0 unspecified atom stereocenters. The Labute approximate surface area is 121 Å². The molecule has 0 aliphatic carbocycles. The van der Waals surface area contributed by atoms with Gasteiger partial charge in [0.15, 0.2) is 0 Å². The zero-order valence-corrected chi connectivity index (χ0v) is 13.1. The molecule has 0 saturated carbocycles. The number of pyridine rings is 1. The van der Waals surface area contributed by atoms with E-state index in [1.165, 1.54) is 12.3 Å². The van der Waals surface area contributed by atoms with Crippen LogP contribution in [0.4, 0.5) is 4.39 Å². The smallest absolute Gasteiger partial charge is 0.306 e. The lowest BCUT2D eigenvalue weighted by Gasteiger charge is -2.02. The fourth-order valence-electron chi connectivity index (χ4n) is 1.50. The Balaban J connectivity index is 0.000000370. The first kappa shape index (κ1) is 18.6. The zero-order valence-electron chi connectivity index (χ0n) is 13.1. The fourth-order valence-corrected chi connectivity index (χ4v) is 1.50. The van der Waals surface area contributed by atoms with Crippen molar-refractivity contribution in [2.75, 3.05) is 6.61 Å². The van der Waals surface area contributed by atoms with Crippen molar-refractivity contribution in [2.24, 2.45) is 11.8 Å². The van der Waals surface area contributed by atoms with Crippen LogP contribution in [0.25, 0.3) is 0 Å². The minimum Gasteiger partial charge on any atom is -0.466 e. The number of hydrogen-bond donors (Lipinski definition) is 0. The number of ether oxygens (including phenoxy) is 1. The summed E-state index contributed by atoms with van der Waals surface area (Å²) >= 11 is 0. The summed E-state index contributed by atoms with van der Waals surface area (Å²) in [5.41, 5.74) is 0.960. The van der Waals surface area contributed by atoms with Crippen molar-refractivity contribution < 1.29 is 13.9 Å². The Morgan fingerprint density at radius 3 is 2.30 bits per heavy atom. The van der Waals surface area contributed by atoms with Gasteiger partial charge in [0, 0.05) is 12.1 Å². The molecule has 0 radical (unpaired) electrons. The van der Waals surface area contributed by atoms with Crippen LogP contribution in [0, 0.1) is 17.7 Å². The molecule has 1 heterocycles. The molecule has 0 amide bonds. The van der Waals surface area contributed by atoms with E-state index >= 15 is 0 Å². The second-order valence-electron chi connectivity index (χ2n) is 5.47. The first-order valence-corrected chi connectivity index (χ1v) is 7.11. The summed E-state index contributed by atoms with van der Waals surface area (Å²) in [6, 6.07) is 3.18. The van der Waals surface area contributed by atoms with Gasteiger partial charge in [-0.15, -0.1) is 0 Å². The Kier molecular flexibility index (Phi) is 9.60. The molecule has 0 N–H and O–H groups in total. The maximum Gasteiger partial charge on any atom is 0.306 e. The third-order valence-corrected chi connectivity index (χ3v) is 2.29. The third-order valence-electron chi connectivity index (χ3n) is 2.29. The van der Waals surface area contributed by atoms with E-state index in [0.717, 1.165) is 12.1 Å². The Morgan fingerprint density at radius 2 is 1.90 bits per heavy atom. The lowest BCUT2D eigenvalue weighted by molar-refractivity contribution is -0.143. The molecule has 0 saturated heterocycles. The first-order valence-electron chi connectivity index (χ1n) is 7.11. The summed E-state index contributed by atoms with van der Waals surface area (Å²) in [5.74, 6) is 0.627. The van der Waals surface area contributed by atoms with Gasteiger partial charge in [-0.25, -0.2) is 4.39 Å².